The van der Waals surface area contributed by atoms with E-state index < -0.39 is 0 Å². The van der Waals surface area contributed by atoms with Crippen molar-refractivity contribution >= 4 is 44.6 Å². The van der Waals surface area contributed by atoms with Crippen LogP contribution in [0.2, 0.25) is 0 Å². The van der Waals surface area contributed by atoms with E-state index in [2.05, 4.69) is 120 Å². The number of anilines is 3. The molecule has 0 aliphatic heterocycles. The van der Waals surface area contributed by atoms with Crippen LogP contribution in [0.3, 0.4) is 0 Å². The molecule has 0 saturated carbocycles. The third kappa shape index (κ3) is 6.41. The van der Waals surface area contributed by atoms with Crippen molar-refractivity contribution in [3.63, 3.8) is 0 Å². The van der Waals surface area contributed by atoms with Crippen molar-refractivity contribution in [2.24, 2.45) is 11.7 Å². The number of furan rings is 1. The smallest absolute Gasteiger partial charge is 0.139 e. The van der Waals surface area contributed by atoms with Gasteiger partial charge in [-0.1, -0.05) is 122 Å². The van der Waals surface area contributed by atoms with Gasteiger partial charge < -0.3 is 20.4 Å². The van der Waals surface area contributed by atoms with Gasteiger partial charge in [0.1, 0.15) is 17.3 Å². The fourth-order valence-electron chi connectivity index (χ4n) is 7.27. The molecule has 248 valence electrons. The van der Waals surface area contributed by atoms with Crippen molar-refractivity contribution in [3.8, 4) is 6.07 Å². The number of nitrogens with two attached hydrogens (primary N) is 1. The summed E-state index contributed by atoms with van der Waals surface area (Å²) in [7, 11) is 0. The van der Waals surface area contributed by atoms with Crippen molar-refractivity contribution in [1.82, 2.24) is 0 Å². The molecule has 2 unspecified atom stereocenters. The molecule has 5 nitrogen and oxygen atoms in total. The first-order valence-electron chi connectivity index (χ1n) is 17.4. The molecule has 8 rings (SSSR count). The second-order valence-electron chi connectivity index (χ2n) is 13.2. The topological polar surface area (TPSA) is 78.2 Å². The van der Waals surface area contributed by atoms with E-state index in [-0.39, 0.29) is 18.0 Å². The van der Waals surface area contributed by atoms with E-state index in [1.807, 2.05) is 66.7 Å². The summed E-state index contributed by atoms with van der Waals surface area (Å²) >= 11 is 0. The standard InChI is InChI=1S/C46H38N4O/c1-31-27-35(21-26-38(31)41-17-10-18-42-40-16-6-8-20-44(40)51-45(41)42)39-15-5-7-19-43(39)49-36-22-24-37(25-23-36)50(46(48)34-13-3-2-4-14-34)30-33-12-9-11-32(28-33)29-47/h2-28,31,38,46,49H,30,48H2,1H3/t31-,38?,46?/m0/s1. The van der Waals surface area contributed by atoms with Crippen molar-refractivity contribution in [2.75, 3.05) is 10.2 Å². The molecule has 1 aliphatic carbocycles. The van der Waals surface area contributed by atoms with Crippen molar-refractivity contribution in [2.45, 2.75) is 25.6 Å². The van der Waals surface area contributed by atoms with Gasteiger partial charge in [-0.05, 0) is 71.1 Å². The quantitative estimate of drug-likeness (QED) is 0.150. The van der Waals surface area contributed by atoms with Crippen LogP contribution in [0.15, 0.2) is 168 Å². The maximum atomic E-state index is 9.48. The maximum absolute atomic E-state index is 9.48. The fraction of sp³-hybridized carbons (Fsp3) is 0.109. The van der Waals surface area contributed by atoms with Gasteiger partial charge in [-0.2, -0.15) is 5.26 Å². The zero-order valence-electron chi connectivity index (χ0n) is 28.4. The third-order valence-electron chi connectivity index (χ3n) is 9.89. The van der Waals surface area contributed by atoms with Gasteiger partial charge in [0.15, 0.2) is 0 Å². The molecule has 7 aromatic rings. The van der Waals surface area contributed by atoms with Gasteiger partial charge in [-0.25, -0.2) is 0 Å². The first-order valence-corrected chi connectivity index (χ1v) is 17.4. The number of hydrogen-bond acceptors (Lipinski definition) is 5. The van der Waals surface area contributed by atoms with Crippen LogP contribution >= 0.6 is 0 Å². The van der Waals surface area contributed by atoms with Crippen LogP contribution in [0.5, 0.6) is 0 Å². The van der Waals surface area contributed by atoms with Gasteiger partial charge in [-0.3, -0.25) is 0 Å². The minimum atomic E-state index is -0.369. The molecule has 0 spiro atoms. The highest BCUT2D eigenvalue weighted by atomic mass is 16.3. The fourth-order valence-corrected chi connectivity index (χ4v) is 7.27. The van der Waals surface area contributed by atoms with Gasteiger partial charge in [0.25, 0.3) is 0 Å². The molecule has 1 heterocycles. The second-order valence-corrected chi connectivity index (χ2v) is 13.2. The minimum absolute atomic E-state index is 0.207. The highest BCUT2D eigenvalue weighted by molar-refractivity contribution is 6.06. The first-order chi connectivity index (χ1) is 25.1. The highest BCUT2D eigenvalue weighted by Gasteiger charge is 2.24. The monoisotopic (exact) mass is 662 g/mol. The molecule has 0 saturated heterocycles. The predicted octanol–water partition coefficient (Wildman–Crippen LogP) is 11.2. The van der Waals surface area contributed by atoms with Crippen LogP contribution < -0.4 is 16.0 Å². The molecule has 3 atom stereocenters. The van der Waals surface area contributed by atoms with E-state index >= 15 is 0 Å². The van der Waals surface area contributed by atoms with E-state index in [1.165, 1.54) is 11.1 Å². The average molecular weight is 663 g/mol. The molecule has 0 amide bonds. The highest BCUT2D eigenvalue weighted by Crippen LogP contribution is 2.41. The summed E-state index contributed by atoms with van der Waals surface area (Å²) in [4.78, 5) is 2.17. The Kier molecular flexibility index (Phi) is 8.68. The van der Waals surface area contributed by atoms with Crippen LogP contribution in [0, 0.1) is 17.2 Å². The molecule has 0 bridgehead atoms. The van der Waals surface area contributed by atoms with Gasteiger partial charge in [0, 0.05) is 51.4 Å². The molecule has 6 aromatic carbocycles. The number of hydrogen-bond donors (Lipinski definition) is 2. The predicted molar refractivity (Wildman–Crippen MR) is 210 cm³/mol. The van der Waals surface area contributed by atoms with E-state index in [4.69, 9.17) is 10.2 Å². The van der Waals surface area contributed by atoms with Crippen LogP contribution in [0.1, 0.15) is 46.8 Å². The van der Waals surface area contributed by atoms with Gasteiger partial charge in [-0.15, -0.1) is 0 Å². The molecule has 5 heteroatoms. The summed E-state index contributed by atoms with van der Waals surface area (Å²) < 4.78 is 6.39. The SMILES string of the molecule is C[C@H]1C=C(c2ccccc2Nc2ccc(N(Cc3cccc(C#N)c3)C(N)c3ccccc3)cc2)C=CC1c1cccc2c1oc1ccccc12. The molecule has 3 N–H and O–H groups in total. The molecule has 0 radical (unpaired) electrons. The van der Waals surface area contributed by atoms with Crippen molar-refractivity contribution < 1.29 is 4.42 Å². The summed E-state index contributed by atoms with van der Waals surface area (Å²) in [6.07, 6.45) is 6.58. The number of nitrogens with zero attached hydrogens (tertiary/aromatic N) is 2. The van der Waals surface area contributed by atoms with Crippen LogP contribution in [0.4, 0.5) is 17.1 Å². The Morgan fingerprint density at radius 1 is 0.804 bits per heavy atom. The Morgan fingerprint density at radius 2 is 1.55 bits per heavy atom. The molecule has 0 fully saturated rings. The Hall–Kier alpha value is -6.35. The Balaban J connectivity index is 1.04. The minimum Gasteiger partial charge on any atom is -0.456 e. The summed E-state index contributed by atoms with van der Waals surface area (Å²) in [6, 6.07) is 51.7. The van der Waals surface area contributed by atoms with E-state index in [0.29, 0.717) is 12.1 Å². The molecular formula is C46H38N4O. The van der Waals surface area contributed by atoms with Crippen molar-refractivity contribution in [1.29, 1.82) is 5.26 Å². The summed E-state index contributed by atoms with van der Waals surface area (Å²) in [5.74, 6) is 0.475. The third-order valence-corrected chi connectivity index (χ3v) is 9.89. The van der Waals surface area contributed by atoms with Crippen LogP contribution in [0.25, 0.3) is 27.5 Å². The number of nitrogens with one attached hydrogen (secondary N) is 1. The van der Waals surface area contributed by atoms with Gasteiger partial charge in [0.05, 0.1) is 11.6 Å². The van der Waals surface area contributed by atoms with Crippen molar-refractivity contribution in [3.05, 3.63) is 192 Å². The number of fused-ring (bicyclic) bond motifs is 3. The van der Waals surface area contributed by atoms with Gasteiger partial charge in [0.2, 0.25) is 0 Å². The Bertz CT molecular complexity index is 2430. The zero-order valence-corrected chi connectivity index (χ0v) is 28.4. The average Bonchev–Trinajstić information content (AvgIpc) is 3.57. The van der Waals surface area contributed by atoms with Crippen LogP contribution in [-0.2, 0) is 6.54 Å². The van der Waals surface area contributed by atoms with Gasteiger partial charge >= 0.3 is 0 Å². The lowest BCUT2D eigenvalue weighted by atomic mass is 9.80. The molecule has 51 heavy (non-hydrogen) atoms. The number of rotatable bonds is 9. The maximum Gasteiger partial charge on any atom is 0.139 e. The number of allylic oxidation sites excluding steroid dienone is 4. The largest absolute Gasteiger partial charge is 0.456 e. The zero-order chi connectivity index (χ0) is 34.7. The number of benzene rings is 6. The number of nitriles is 1. The molecular weight excluding hydrogens is 625 g/mol. The molecule has 1 aromatic heterocycles. The second kappa shape index (κ2) is 13.9. The lowest BCUT2D eigenvalue weighted by molar-refractivity contribution is 0.613. The molecule has 1 aliphatic rings. The van der Waals surface area contributed by atoms with Crippen LogP contribution in [-0.4, -0.2) is 0 Å². The first kappa shape index (κ1) is 31.9. The summed E-state index contributed by atoms with van der Waals surface area (Å²) in [5, 5.41) is 15.5. The number of para-hydroxylation sites is 3. The lowest BCUT2D eigenvalue weighted by Gasteiger charge is -2.32. The summed E-state index contributed by atoms with van der Waals surface area (Å²) in [6.45, 7) is 2.85. The van der Waals surface area contributed by atoms with E-state index in [9.17, 15) is 5.26 Å². The lowest BCUT2D eigenvalue weighted by Crippen LogP contribution is -2.34. The summed E-state index contributed by atoms with van der Waals surface area (Å²) in [5.41, 5.74) is 18.0. The Morgan fingerprint density at radius 3 is 2.37 bits per heavy atom. The van der Waals surface area contributed by atoms with E-state index in [1.54, 1.807) is 0 Å². The normalized spacial score (nSPS) is 16.1. The Labute approximate surface area is 298 Å². The van der Waals surface area contributed by atoms with E-state index in [0.717, 1.165) is 55.7 Å².